The number of aromatic nitrogens is 1. The molecule has 148 valence electrons. The summed E-state index contributed by atoms with van der Waals surface area (Å²) in [7, 11) is 1.25. The van der Waals surface area contributed by atoms with E-state index < -0.39 is 35.5 Å². The predicted molar refractivity (Wildman–Crippen MR) is 98.3 cm³/mol. The molecule has 1 unspecified atom stereocenters. The van der Waals surface area contributed by atoms with Gasteiger partial charge in [0.25, 0.3) is 0 Å². The lowest BCUT2D eigenvalue weighted by Gasteiger charge is -2.26. The SMILES string of the molecule is CCOC(=O)CCCCC(C(=O)O)(C(=O)COC)C(=O)c1cncc(Br)c1. The van der Waals surface area contributed by atoms with Crippen molar-refractivity contribution in [2.24, 2.45) is 5.41 Å². The fourth-order valence-electron chi connectivity index (χ4n) is 2.63. The lowest BCUT2D eigenvalue weighted by atomic mass is 9.73. The molecule has 27 heavy (non-hydrogen) atoms. The summed E-state index contributed by atoms with van der Waals surface area (Å²) in [6.45, 7) is 1.41. The quantitative estimate of drug-likeness (QED) is 0.226. The maximum atomic E-state index is 13.0. The van der Waals surface area contributed by atoms with Crippen LogP contribution in [0.2, 0.25) is 0 Å². The molecule has 1 aromatic heterocycles. The Hall–Kier alpha value is -2.13. The van der Waals surface area contributed by atoms with Crippen molar-refractivity contribution in [1.82, 2.24) is 4.98 Å². The summed E-state index contributed by atoms with van der Waals surface area (Å²) in [5, 5.41) is 9.79. The summed E-state index contributed by atoms with van der Waals surface area (Å²) in [4.78, 5) is 52.9. The molecule has 1 N–H and O–H groups in total. The second-order valence-electron chi connectivity index (χ2n) is 5.80. The first-order valence-electron chi connectivity index (χ1n) is 8.36. The number of nitrogens with zero attached hydrogens (tertiary/aromatic N) is 1. The molecule has 1 heterocycles. The summed E-state index contributed by atoms with van der Waals surface area (Å²) in [5.41, 5.74) is -2.30. The molecule has 1 atom stereocenters. The van der Waals surface area contributed by atoms with E-state index in [4.69, 9.17) is 9.47 Å². The molecule has 9 heteroatoms. The number of methoxy groups -OCH3 is 1. The Kier molecular flexibility index (Phi) is 9.23. The zero-order valence-corrected chi connectivity index (χ0v) is 16.8. The zero-order valence-electron chi connectivity index (χ0n) is 15.2. The van der Waals surface area contributed by atoms with E-state index in [1.54, 1.807) is 6.92 Å². The van der Waals surface area contributed by atoms with Gasteiger partial charge in [0.2, 0.25) is 0 Å². The van der Waals surface area contributed by atoms with Gasteiger partial charge in [-0.3, -0.25) is 24.2 Å². The van der Waals surface area contributed by atoms with E-state index in [0.29, 0.717) is 4.47 Å². The molecule has 0 radical (unpaired) electrons. The van der Waals surface area contributed by atoms with Gasteiger partial charge in [-0.15, -0.1) is 0 Å². The number of carbonyl (C=O) groups is 4. The first-order chi connectivity index (χ1) is 12.8. The molecule has 0 fully saturated rings. The fourth-order valence-corrected chi connectivity index (χ4v) is 3.00. The smallest absolute Gasteiger partial charge is 0.325 e. The molecule has 1 aromatic rings. The number of pyridine rings is 1. The van der Waals surface area contributed by atoms with E-state index >= 15 is 0 Å². The van der Waals surface area contributed by atoms with Crippen LogP contribution in [0.5, 0.6) is 0 Å². The third-order valence-corrected chi connectivity index (χ3v) is 4.39. The molecular weight excluding hydrogens is 422 g/mol. The van der Waals surface area contributed by atoms with Gasteiger partial charge < -0.3 is 14.6 Å². The molecular formula is C18H22BrNO7. The second kappa shape index (κ2) is 10.9. The van der Waals surface area contributed by atoms with Crippen molar-refractivity contribution in [3.05, 3.63) is 28.5 Å². The number of hydrogen-bond donors (Lipinski definition) is 1. The summed E-state index contributed by atoms with van der Waals surface area (Å²) in [6.07, 6.45) is 2.94. The number of carbonyl (C=O) groups excluding carboxylic acids is 3. The van der Waals surface area contributed by atoms with Crippen molar-refractivity contribution in [2.45, 2.75) is 32.6 Å². The average molecular weight is 444 g/mol. The monoisotopic (exact) mass is 443 g/mol. The fraction of sp³-hybridized carbons (Fsp3) is 0.500. The Labute approximate surface area is 165 Å². The summed E-state index contributed by atoms with van der Waals surface area (Å²) < 4.78 is 10.1. The first kappa shape index (κ1) is 22.9. The van der Waals surface area contributed by atoms with Gasteiger partial charge in [-0.25, -0.2) is 0 Å². The van der Waals surface area contributed by atoms with Crippen molar-refractivity contribution in [3.63, 3.8) is 0 Å². The zero-order chi connectivity index (χ0) is 20.4. The van der Waals surface area contributed by atoms with Gasteiger partial charge in [0.1, 0.15) is 6.61 Å². The standard InChI is InChI=1S/C18H22BrNO7/c1-3-27-15(22)6-4-5-7-18(17(24)25,14(21)11-26-2)16(23)12-8-13(19)10-20-9-12/h8-10H,3-7,11H2,1-2H3,(H,24,25). The van der Waals surface area contributed by atoms with E-state index in [2.05, 4.69) is 20.9 Å². The van der Waals surface area contributed by atoms with Crippen LogP contribution in [0.3, 0.4) is 0 Å². The van der Waals surface area contributed by atoms with Crippen LogP contribution in [0.1, 0.15) is 43.0 Å². The highest BCUT2D eigenvalue weighted by Crippen LogP contribution is 2.32. The normalized spacial score (nSPS) is 12.9. The number of aliphatic carboxylic acids is 1. The van der Waals surface area contributed by atoms with Crippen LogP contribution in [-0.2, 0) is 23.9 Å². The molecule has 0 aromatic carbocycles. The maximum Gasteiger partial charge on any atom is 0.325 e. The molecule has 0 aliphatic carbocycles. The highest BCUT2D eigenvalue weighted by molar-refractivity contribution is 9.10. The van der Waals surface area contributed by atoms with E-state index in [1.165, 1.54) is 25.6 Å². The van der Waals surface area contributed by atoms with Crippen LogP contribution < -0.4 is 0 Å². The molecule has 0 aliphatic rings. The summed E-state index contributed by atoms with van der Waals surface area (Å²) in [6, 6.07) is 1.41. The minimum Gasteiger partial charge on any atom is -0.480 e. The highest BCUT2D eigenvalue weighted by atomic mass is 79.9. The van der Waals surface area contributed by atoms with Crippen LogP contribution in [0.4, 0.5) is 0 Å². The minimum absolute atomic E-state index is 0.00150. The van der Waals surface area contributed by atoms with Crippen molar-refractivity contribution >= 4 is 39.4 Å². The lowest BCUT2D eigenvalue weighted by molar-refractivity contribution is -0.153. The molecule has 0 saturated carbocycles. The minimum atomic E-state index is -2.30. The third-order valence-electron chi connectivity index (χ3n) is 3.96. The topological polar surface area (TPSA) is 120 Å². The number of rotatable bonds is 12. The lowest BCUT2D eigenvalue weighted by Crippen LogP contribution is -2.48. The third kappa shape index (κ3) is 5.93. The van der Waals surface area contributed by atoms with Gasteiger partial charge >= 0.3 is 11.9 Å². The van der Waals surface area contributed by atoms with E-state index in [0.717, 1.165) is 0 Å². The number of ether oxygens (including phenoxy) is 2. The largest absolute Gasteiger partial charge is 0.480 e. The predicted octanol–water partition coefficient (Wildman–Crippen LogP) is 2.44. The van der Waals surface area contributed by atoms with Crippen LogP contribution >= 0.6 is 15.9 Å². The molecule has 0 bridgehead atoms. The van der Waals surface area contributed by atoms with Crippen molar-refractivity contribution in [2.75, 3.05) is 20.3 Å². The van der Waals surface area contributed by atoms with Gasteiger partial charge in [-0.1, -0.05) is 6.42 Å². The average Bonchev–Trinajstić information content (AvgIpc) is 2.61. The Morgan fingerprint density at radius 3 is 2.48 bits per heavy atom. The Bertz CT molecular complexity index is 707. The van der Waals surface area contributed by atoms with Gasteiger partial charge in [-0.2, -0.15) is 0 Å². The number of ketones is 2. The summed E-state index contributed by atoms with van der Waals surface area (Å²) >= 11 is 3.17. The maximum absolute atomic E-state index is 13.0. The van der Waals surface area contributed by atoms with Gasteiger partial charge in [0.05, 0.1) is 6.61 Å². The van der Waals surface area contributed by atoms with Crippen molar-refractivity contribution < 1.29 is 33.8 Å². The van der Waals surface area contributed by atoms with Gasteiger partial charge in [0.15, 0.2) is 17.0 Å². The number of esters is 1. The van der Waals surface area contributed by atoms with Gasteiger partial charge in [-0.05, 0) is 41.8 Å². The Balaban J connectivity index is 3.11. The number of halogens is 1. The number of carboxylic acids is 1. The summed E-state index contributed by atoms with van der Waals surface area (Å²) in [5.74, 6) is -3.67. The first-order valence-corrected chi connectivity index (χ1v) is 9.15. The van der Waals surface area contributed by atoms with Gasteiger partial charge in [0, 0.05) is 36.0 Å². The molecule has 0 spiro atoms. The van der Waals surface area contributed by atoms with E-state index in [-0.39, 0.29) is 37.9 Å². The van der Waals surface area contributed by atoms with E-state index in [9.17, 15) is 24.3 Å². The Morgan fingerprint density at radius 2 is 1.93 bits per heavy atom. The van der Waals surface area contributed by atoms with Crippen molar-refractivity contribution in [3.8, 4) is 0 Å². The molecule has 0 saturated heterocycles. The van der Waals surface area contributed by atoms with E-state index in [1.807, 2.05) is 0 Å². The van der Waals surface area contributed by atoms with Crippen molar-refractivity contribution in [1.29, 1.82) is 0 Å². The highest BCUT2D eigenvalue weighted by Gasteiger charge is 2.52. The van der Waals surface area contributed by atoms with Crippen LogP contribution in [-0.4, -0.2) is 53.9 Å². The molecule has 0 aliphatic heterocycles. The van der Waals surface area contributed by atoms with Crippen LogP contribution in [0.15, 0.2) is 22.9 Å². The van der Waals surface area contributed by atoms with Crippen LogP contribution in [0.25, 0.3) is 0 Å². The Morgan fingerprint density at radius 1 is 1.22 bits per heavy atom. The molecule has 8 nitrogen and oxygen atoms in total. The number of hydrogen-bond acceptors (Lipinski definition) is 7. The number of Topliss-reactive ketones (excluding diaryl/α,β-unsaturated/α-hetero) is 2. The van der Waals surface area contributed by atoms with Crippen LogP contribution in [0, 0.1) is 5.41 Å². The second-order valence-corrected chi connectivity index (χ2v) is 6.72. The number of carboxylic acid groups (broad SMARTS) is 1. The molecule has 1 rings (SSSR count). The number of unbranched alkanes of at least 4 members (excludes halogenated alkanes) is 1. The molecule has 0 amide bonds.